The molecule has 1 unspecified atom stereocenters. The minimum Gasteiger partial charge on any atom is -0.484 e. The van der Waals surface area contributed by atoms with E-state index in [1.807, 2.05) is 24.3 Å². The molecule has 1 saturated carbocycles. The Labute approximate surface area is 148 Å². The largest absolute Gasteiger partial charge is 0.484 e. The van der Waals surface area contributed by atoms with Gasteiger partial charge in [-0.05, 0) is 56.3 Å². The summed E-state index contributed by atoms with van der Waals surface area (Å²) in [5, 5.41) is 9.14. The van der Waals surface area contributed by atoms with Crippen LogP contribution in [0.5, 0.6) is 5.75 Å². The number of carbonyl (C=O) groups is 2. The Hall–Kier alpha value is -2.08. The quantitative estimate of drug-likeness (QED) is 0.660. The molecule has 1 heterocycles. The van der Waals surface area contributed by atoms with Gasteiger partial charge >= 0.3 is 0 Å². The Balaban J connectivity index is 1.34. The molecule has 2 amide bonds. The Kier molecular flexibility index (Phi) is 6.28. The van der Waals surface area contributed by atoms with E-state index in [1.54, 1.807) is 0 Å². The van der Waals surface area contributed by atoms with Gasteiger partial charge in [0.1, 0.15) is 5.75 Å². The van der Waals surface area contributed by atoms with Gasteiger partial charge in [0, 0.05) is 12.6 Å². The fourth-order valence-corrected chi connectivity index (χ4v) is 2.93. The maximum atomic E-state index is 12.0. The van der Waals surface area contributed by atoms with E-state index in [9.17, 15) is 9.59 Å². The molecule has 136 valence electrons. The van der Waals surface area contributed by atoms with Crippen LogP contribution in [0.1, 0.15) is 37.7 Å². The van der Waals surface area contributed by atoms with Crippen molar-refractivity contribution in [3.63, 3.8) is 0 Å². The first-order valence-corrected chi connectivity index (χ1v) is 9.23. The molecular weight excluding hydrogens is 318 g/mol. The second-order valence-corrected chi connectivity index (χ2v) is 6.82. The summed E-state index contributed by atoms with van der Waals surface area (Å²) < 4.78 is 5.48. The van der Waals surface area contributed by atoms with Crippen molar-refractivity contribution in [3.05, 3.63) is 29.8 Å². The van der Waals surface area contributed by atoms with Crippen LogP contribution in [0.4, 0.5) is 0 Å². The molecular formula is C19H27N3O3. The number of hydrogen-bond donors (Lipinski definition) is 3. The third-order valence-electron chi connectivity index (χ3n) is 4.58. The summed E-state index contributed by atoms with van der Waals surface area (Å²) in [7, 11) is 0. The van der Waals surface area contributed by atoms with E-state index in [1.165, 1.54) is 0 Å². The molecule has 1 saturated heterocycles. The third kappa shape index (κ3) is 6.05. The first-order chi connectivity index (χ1) is 12.2. The molecule has 1 atom stereocenters. The van der Waals surface area contributed by atoms with Crippen LogP contribution in [0.25, 0.3) is 0 Å². The Bertz CT molecular complexity index is 578. The molecule has 1 aromatic carbocycles. The van der Waals surface area contributed by atoms with Crippen LogP contribution >= 0.6 is 0 Å². The maximum absolute atomic E-state index is 12.0. The van der Waals surface area contributed by atoms with E-state index in [4.69, 9.17) is 4.74 Å². The summed E-state index contributed by atoms with van der Waals surface area (Å²) in [6.45, 7) is 1.61. The minimum atomic E-state index is -0.0642. The van der Waals surface area contributed by atoms with Crippen LogP contribution in [-0.2, 0) is 16.0 Å². The van der Waals surface area contributed by atoms with Crippen molar-refractivity contribution in [2.24, 2.45) is 0 Å². The van der Waals surface area contributed by atoms with Crippen molar-refractivity contribution in [3.8, 4) is 5.75 Å². The van der Waals surface area contributed by atoms with Gasteiger partial charge in [-0.25, -0.2) is 0 Å². The summed E-state index contributed by atoms with van der Waals surface area (Å²) in [5.74, 6) is 0.720. The monoisotopic (exact) mass is 345 g/mol. The smallest absolute Gasteiger partial charge is 0.258 e. The molecule has 3 rings (SSSR count). The number of amides is 2. The minimum absolute atomic E-state index is 0.0358. The van der Waals surface area contributed by atoms with E-state index in [0.717, 1.165) is 50.6 Å². The average molecular weight is 345 g/mol. The van der Waals surface area contributed by atoms with E-state index >= 15 is 0 Å². The van der Waals surface area contributed by atoms with Gasteiger partial charge in [0.25, 0.3) is 5.91 Å². The third-order valence-corrected chi connectivity index (χ3v) is 4.58. The second-order valence-electron chi connectivity index (χ2n) is 6.82. The van der Waals surface area contributed by atoms with Gasteiger partial charge in [-0.1, -0.05) is 18.6 Å². The summed E-state index contributed by atoms with van der Waals surface area (Å²) in [6.07, 6.45) is 6.13. The topological polar surface area (TPSA) is 79.5 Å². The van der Waals surface area contributed by atoms with Gasteiger partial charge in [0.05, 0.1) is 6.04 Å². The molecule has 1 aromatic rings. The van der Waals surface area contributed by atoms with Gasteiger partial charge in [-0.3, -0.25) is 9.59 Å². The number of carbonyl (C=O) groups excluding carboxylic acids is 2. The fraction of sp³-hybridized carbons (Fsp3) is 0.579. The van der Waals surface area contributed by atoms with E-state index in [2.05, 4.69) is 16.0 Å². The van der Waals surface area contributed by atoms with Crippen LogP contribution in [0.2, 0.25) is 0 Å². The predicted molar refractivity (Wildman–Crippen MR) is 95.5 cm³/mol. The molecule has 0 radical (unpaired) electrons. The normalized spacial score (nSPS) is 19.9. The Morgan fingerprint density at radius 1 is 1.12 bits per heavy atom. The van der Waals surface area contributed by atoms with Gasteiger partial charge in [0.15, 0.2) is 6.61 Å². The van der Waals surface area contributed by atoms with Crippen molar-refractivity contribution in [1.29, 1.82) is 0 Å². The van der Waals surface area contributed by atoms with Crippen molar-refractivity contribution in [1.82, 2.24) is 16.0 Å². The highest BCUT2D eigenvalue weighted by Gasteiger charge is 2.23. The van der Waals surface area contributed by atoms with Crippen LogP contribution in [-0.4, -0.2) is 43.6 Å². The fourth-order valence-electron chi connectivity index (χ4n) is 2.93. The predicted octanol–water partition coefficient (Wildman–Crippen LogP) is 1.14. The highest BCUT2D eigenvalue weighted by molar-refractivity contribution is 5.81. The zero-order valence-corrected chi connectivity index (χ0v) is 14.6. The van der Waals surface area contributed by atoms with E-state index in [-0.39, 0.29) is 24.5 Å². The molecule has 3 N–H and O–H groups in total. The molecule has 2 fully saturated rings. The SMILES string of the molecule is O=C(COc1ccc(CCNC(=O)C2CCCCN2)cc1)NC1CC1. The molecule has 25 heavy (non-hydrogen) atoms. The molecule has 6 nitrogen and oxygen atoms in total. The summed E-state index contributed by atoms with van der Waals surface area (Å²) in [5.41, 5.74) is 1.13. The number of piperidine rings is 1. The molecule has 0 spiro atoms. The molecule has 1 aliphatic heterocycles. The number of benzene rings is 1. The summed E-state index contributed by atoms with van der Waals surface area (Å²) in [4.78, 5) is 23.6. The van der Waals surface area contributed by atoms with Crippen LogP contribution in [0.15, 0.2) is 24.3 Å². The lowest BCUT2D eigenvalue weighted by Gasteiger charge is -2.22. The van der Waals surface area contributed by atoms with Gasteiger partial charge < -0.3 is 20.7 Å². The first-order valence-electron chi connectivity index (χ1n) is 9.23. The maximum Gasteiger partial charge on any atom is 0.258 e. The van der Waals surface area contributed by atoms with Gasteiger partial charge in [-0.15, -0.1) is 0 Å². The van der Waals surface area contributed by atoms with Crippen LogP contribution in [0.3, 0.4) is 0 Å². The molecule has 2 aliphatic rings. The molecule has 0 bridgehead atoms. The van der Waals surface area contributed by atoms with E-state index < -0.39 is 0 Å². The lowest BCUT2D eigenvalue weighted by molar-refractivity contribution is -0.124. The van der Waals surface area contributed by atoms with Crippen molar-refractivity contribution >= 4 is 11.8 Å². The first kappa shape index (κ1) is 17.7. The molecule has 6 heteroatoms. The van der Waals surface area contributed by atoms with Crippen molar-refractivity contribution in [2.75, 3.05) is 19.7 Å². The standard InChI is InChI=1S/C19H27N3O3/c23-18(22-15-6-7-15)13-25-16-8-4-14(5-9-16)10-12-21-19(24)17-3-1-2-11-20-17/h4-5,8-9,15,17,20H,1-3,6-7,10-13H2,(H,21,24)(H,22,23). The zero-order valence-electron chi connectivity index (χ0n) is 14.6. The number of hydrogen-bond acceptors (Lipinski definition) is 4. The zero-order chi connectivity index (χ0) is 17.5. The number of ether oxygens (including phenoxy) is 1. The molecule has 0 aromatic heterocycles. The Morgan fingerprint density at radius 3 is 2.60 bits per heavy atom. The lowest BCUT2D eigenvalue weighted by atomic mass is 10.0. The van der Waals surface area contributed by atoms with Crippen molar-refractivity contribution in [2.45, 2.75) is 50.6 Å². The highest BCUT2D eigenvalue weighted by Crippen LogP contribution is 2.18. The average Bonchev–Trinajstić information content (AvgIpc) is 3.45. The summed E-state index contributed by atoms with van der Waals surface area (Å²) >= 11 is 0. The number of rotatable bonds is 8. The number of nitrogens with one attached hydrogen (secondary N) is 3. The Morgan fingerprint density at radius 2 is 1.92 bits per heavy atom. The van der Waals surface area contributed by atoms with Gasteiger partial charge in [-0.2, -0.15) is 0 Å². The van der Waals surface area contributed by atoms with E-state index in [0.29, 0.717) is 18.3 Å². The van der Waals surface area contributed by atoms with Gasteiger partial charge in [0.2, 0.25) is 5.91 Å². The molecule has 1 aliphatic carbocycles. The second kappa shape index (κ2) is 8.85. The highest BCUT2D eigenvalue weighted by atomic mass is 16.5. The lowest BCUT2D eigenvalue weighted by Crippen LogP contribution is -2.47. The van der Waals surface area contributed by atoms with Crippen molar-refractivity contribution < 1.29 is 14.3 Å². The summed E-state index contributed by atoms with van der Waals surface area (Å²) in [6, 6.07) is 8.00. The van der Waals surface area contributed by atoms with Crippen LogP contribution < -0.4 is 20.7 Å². The van der Waals surface area contributed by atoms with Crippen LogP contribution in [0, 0.1) is 0 Å².